The van der Waals surface area contributed by atoms with Crippen LogP contribution in [0.3, 0.4) is 0 Å². The Bertz CT molecular complexity index is 1170. The van der Waals surface area contributed by atoms with Crippen molar-refractivity contribution in [2.45, 2.75) is 18.9 Å². The number of ether oxygens (including phenoxy) is 3. The van der Waals surface area contributed by atoms with Crippen LogP contribution in [0.25, 0.3) is 11.0 Å². The second kappa shape index (κ2) is 9.18. The highest BCUT2D eigenvalue weighted by Gasteiger charge is 2.19. The van der Waals surface area contributed by atoms with Crippen molar-refractivity contribution in [3.05, 3.63) is 59.4 Å². The number of nitrogens with one attached hydrogen (secondary N) is 1. The van der Waals surface area contributed by atoms with Crippen LogP contribution in [-0.4, -0.2) is 39.4 Å². The molecule has 1 aliphatic rings. The molecule has 0 spiro atoms. The van der Waals surface area contributed by atoms with Crippen LogP contribution in [-0.2, 0) is 4.74 Å². The van der Waals surface area contributed by atoms with Gasteiger partial charge in [-0.05, 0) is 37.1 Å². The topological polar surface area (TPSA) is 82.3 Å². The van der Waals surface area contributed by atoms with Crippen LogP contribution in [0.15, 0.2) is 51.9 Å². The van der Waals surface area contributed by atoms with E-state index in [1.807, 2.05) is 6.07 Å². The molecule has 3 aromatic rings. The second-order valence-electron chi connectivity index (χ2n) is 7.12. The van der Waals surface area contributed by atoms with Crippen molar-refractivity contribution < 1.29 is 27.8 Å². The predicted octanol–water partition coefficient (Wildman–Crippen LogP) is 3.73. The molecule has 2 aromatic carbocycles. The highest BCUT2D eigenvalue weighted by Crippen LogP contribution is 2.26. The number of hydrogen-bond acceptors (Lipinski definition) is 6. The van der Waals surface area contributed by atoms with Crippen molar-refractivity contribution in [3.63, 3.8) is 0 Å². The molecule has 0 unspecified atom stereocenters. The zero-order chi connectivity index (χ0) is 21.8. The summed E-state index contributed by atoms with van der Waals surface area (Å²) in [5, 5.41) is 3.56. The third kappa shape index (κ3) is 4.54. The minimum absolute atomic E-state index is 0.00230. The van der Waals surface area contributed by atoms with Crippen LogP contribution in [0.1, 0.15) is 23.2 Å². The SMILES string of the molecule is COc1ccc(N=c2oc3c(OC)cccc3cc2C(=O)NC[C@H]2CCCO2)cc1F. The Kier molecular flexibility index (Phi) is 6.18. The molecule has 1 N–H and O–H groups in total. The first-order chi connectivity index (χ1) is 15.1. The van der Waals surface area contributed by atoms with Crippen LogP contribution >= 0.6 is 0 Å². The van der Waals surface area contributed by atoms with Crippen molar-refractivity contribution in [1.82, 2.24) is 5.32 Å². The number of rotatable bonds is 6. The number of fused-ring (bicyclic) bond motifs is 1. The Morgan fingerprint density at radius 1 is 1.19 bits per heavy atom. The molecule has 1 saturated heterocycles. The lowest BCUT2D eigenvalue weighted by Crippen LogP contribution is -2.34. The van der Waals surface area contributed by atoms with Crippen molar-refractivity contribution in [2.75, 3.05) is 27.4 Å². The van der Waals surface area contributed by atoms with Crippen LogP contribution < -0.4 is 20.3 Å². The van der Waals surface area contributed by atoms with Gasteiger partial charge < -0.3 is 23.9 Å². The number of amides is 1. The molecule has 162 valence electrons. The summed E-state index contributed by atoms with van der Waals surface area (Å²) in [4.78, 5) is 17.4. The van der Waals surface area contributed by atoms with Gasteiger partial charge in [0.1, 0.15) is 5.56 Å². The normalized spacial score (nSPS) is 16.5. The van der Waals surface area contributed by atoms with Gasteiger partial charge in [-0.2, -0.15) is 0 Å². The van der Waals surface area contributed by atoms with Gasteiger partial charge in [-0.25, -0.2) is 9.38 Å². The summed E-state index contributed by atoms with van der Waals surface area (Å²) >= 11 is 0. The minimum atomic E-state index is -0.563. The molecule has 1 atom stereocenters. The predicted molar refractivity (Wildman–Crippen MR) is 112 cm³/mol. The molecule has 0 aliphatic carbocycles. The molecule has 8 heteroatoms. The van der Waals surface area contributed by atoms with Gasteiger partial charge in [0.05, 0.1) is 26.0 Å². The fourth-order valence-electron chi connectivity index (χ4n) is 3.48. The summed E-state index contributed by atoms with van der Waals surface area (Å²) in [5.74, 6) is -0.310. The van der Waals surface area contributed by atoms with Crippen molar-refractivity contribution in [2.24, 2.45) is 4.99 Å². The average molecular weight is 426 g/mol. The fraction of sp³-hybridized carbons (Fsp3) is 0.304. The van der Waals surface area contributed by atoms with E-state index in [9.17, 15) is 9.18 Å². The smallest absolute Gasteiger partial charge is 0.256 e. The fourth-order valence-corrected chi connectivity index (χ4v) is 3.48. The molecule has 1 amide bonds. The van der Waals surface area contributed by atoms with Gasteiger partial charge in [0, 0.05) is 24.6 Å². The first-order valence-electron chi connectivity index (χ1n) is 9.98. The summed E-state index contributed by atoms with van der Waals surface area (Å²) in [6.07, 6.45) is 1.88. The zero-order valence-electron chi connectivity index (χ0n) is 17.3. The minimum Gasteiger partial charge on any atom is -0.494 e. The molecule has 1 aliphatic heterocycles. The number of hydrogen-bond donors (Lipinski definition) is 1. The standard InChI is InChI=1S/C23H23FN2O5/c1-28-19-9-8-15(12-18(19)24)26-23-17(22(27)25-13-16-6-4-10-30-16)11-14-5-3-7-20(29-2)21(14)31-23/h3,5,7-9,11-12,16H,4,6,10,13H2,1-2H3,(H,25,27)/t16-/m1/s1. The number of para-hydroxylation sites is 1. The summed E-state index contributed by atoms with van der Waals surface area (Å²) in [7, 11) is 2.92. The van der Waals surface area contributed by atoms with Crippen molar-refractivity contribution in [1.29, 1.82) is 0 Å². The van der Waals surface area contributed by atoms with E-state index in [2.05, 4.69) is 10.3 Å². The molecule has 31 heavy (non-hydrogen) atoms. The first-order valence-corrected chi connectivity index (χ1v) is 9.98. The molecule has 4 rings (SSSR count). The van der Waals surface area contributed by atoms with Gasteiger partial charge in [-0.3, -0.25) is 4.79 Å². The number of carbonyl (C=O) groups is 1. The maximum atomic E-state index is 14.1. The summed E-state index contributed by atoms with van der Waals surface area (Å²) < 4.78 is 36.0. The Morgan fingerprint density at radius 2 is 2.03 bits per heavy atom. The summed E-state index contributed by atoms with van der Waals surface area (Å²) in [5.41, 5.74) is 0.999. The number of nitrogens with zero attached hydrogens (tertiary/aromatic N) is 1. The Labute approximate surface area is 178 Å². The van der Waals surface area contributed by atoms with E-state index in [1.54, 1.807) is 24.3 Å². The van der Waals surface area contributed by atoms with E-state index < -0.39 is 5.82 Å². The molecular weight excluding hydrogens is 403 g/mol. The quantitative estimate of drug-likeness (QED) is 0.650. The Morgan fingerprint density at radius 3 is 2.74 bits per heavy atom. The lowest BCUT2D eigenvalue weighted by molar-refractivity contribution is 0.0854. The summed E-state index contributed by atoms with van der Waals surface area (Å²) in [6.45, 7) is 1.10. The third-order valence-corrected chi connectivity index (χ3v) is 5.08. The largest absolute Gasteiger partial charge is 0.494 e. The van der Waals surface area contributed by atoms with Crippen LogP contribution in [0, 0.1) is 5.82 Å². The lowest BCUT2D eigenvalue weighted by atomic mass is 10.1. The maximum absolute atomic E-state index is 14.1. The monoisotopic (exact) mass is 426 g/mol. The van der Waals surface area contributed by atoms with E-state index in [-0.39, 0.29) is 34.6 Å². The number of halogens is 1. The molecule has 7 nitrogen and oxygen atoms in total. The molecule has 0 bridgehead atoms. The number of methoxy groups -OCH3 is 2. The highest BCUT2D eigenvalue weighted by molar-refractivity contribution is 5.97. The van der Waals surface area contributed by atoms with Crippen LogP contribution in [0.5, 0.6) is 11.5 Å². The molecular formula is C23H23FN2O5. The van der Waals surface area contributed by atoms with E-state index in [0.717, 1.165) is 12.8 Å². The molecule has 0 radical (unpaired) electrons. The van der Waals surface area contributed by atoms with E-state index in [4.69, 9.17) is 18.6 Å². The molecule has 0 saturated carbocycles. The van der Waals surface area contributed by atoms with E-state index >= 15 is 0 Å². The highest BCUT2D eigenvalue weighted by atomic mass is 19.1. The summed E-state index contributed by atoms with van der Waals surface area (Å²) in [6, 6.07) is 11.3. The third-order valence-electron chi connectivity index (χ3n) is 5.08. The van der Waals surface area contributed by atoms with Crippen molar-refractivity contribution >= 4 is 22.6 Å². The number of benzene rings is 2. The van der Waals surface area contributed by atoms with Gasteiger partial charge in [-0.15, -0.1) is 0 Å². The Hall–Kier alpha value is -3.39. The lowest BCUT2D eigenvalue weighted by Gasteiger charge is -2.12. The van der Waals surface area contributed by atoms with E-state index in [1.165, 1.54) is 26.4 Å². The molecule has 2 heterocycles. The van der Waals surface area contributed by atoms with Crippen molar-refractivity contribution in [3.8, 4) is 11.5 Å². The van der Waals surface area contributed by atoms with Gasteiger partial charge in [-0.1, -0.05) is 12.1 Å². The van der Waals surface area contributed by atoms with Crippen LogP contribution in [0.4, 0.5) is 10.1 Å². The maximum Gasteiger partial charge on any atom is 0.256 e. The molecule has 1 aromatic heterocycles. The second-order valence-corrected chi connectivity index (χ2v) is 7.12. The van der Waals surface area contributed by atoms with Gasteiger partial charge in [0.25, 0.3) is 5.91 Å². The average Bonchev–Trinajstić information content (AvgIpc) is 3.30. The Balaban J connectivity index is 1.79. The van der Waals surface area contributed by atoms with Gasteiger partial charge in [0.2, 0.25) is 5.55 Å². The van der Waals surface area contributed by atoms with Gasteiger partial charge >= 0.3 is 0 Å². The van der Waals surface area contributed by atoms with E-state index in [0.29, 0.717) is 29.9 Å². The van der Waals surface area contributed by atoms with Crippen LogP contribution in [0.2, 0.25) is 0 Å². The number of carbonyl (C=O) groups excluding carboxylic acids is 1. The first kappa shape index (κ1) is 20.9. The van der Waals surface area contributed by atoms with Gasteiger partial charge in [0.15, 0.2) is 22.9 Å². The zero-order valence-corrected chi connectivity index (χ0v) is 17.3. The molecule has 1 fully saturated rings.